The first-order valence-corrected chi connectivity index (χ1v) is 29.7. The highest BCUT2D eigenvalue weighted by Crippen LogP contribution is 2.42. The zero-order chi connectivity index (χ0) is 60.1. The molecule has 0 saturated carbocycles. The van der Waals surface area contributed by atoms with Crippen molar-refractivity contribution in [2.75, 3.05) is 20.3 Å². The summed E-state index contributed by atoms with van der Waals surface area (Å²) in [6.07, 6.45) is -2.61. The number of fused-ring (bicyclic) bond motifs is 15. The number of esters is 2. The van der Waals surface area contributed by atoms with Crippen LogP contribution in [0.4, 0.5) is 0 Å². The number of aromatic nitrogens is 7. The molecular weight excluding hydrogens is 1210 g/mol. The lowest BCUT2D eigenvalue weighted by molar-refractivity contribution is -0.164. The minimum absolute atomic E-state index is 0.0143. The van der Waals surface area contributed by atoms with Gasteiger partial charge in [-0.1, -0.05) is 12.7 Å². The molecule has 1 unspecified atom stereocenters. The number of thiazole rings is 5. The first-order valence-electron chi connectivity index (χ1n) is 25.3. The van der Waals surface area contributed by atoms with Crippen molar-refractivity contribution in [2.24, 2.45) is 5.73 Å². The number of aromatic hydroxyl groups is 1. The number of hydrogen-bond acceptors (Lipinski definition) is 26. The summed E-state index contributed by atoms with van der Waals surface area (Å²) < 4.78 is 23.6. The topological polar surface area (TPSA) is 413 Å². The van der Waals surface area contributed by atoms with Gasteiger partial charge in [0.1, 0.15) is 125 Å². The summed E-state index contributed by atoms with van der Waals surface area (Å²) in [6, 6.07) is -3.17. The van der Waals surface area contributed by atoms with E-state index in [0.717, 1.165) is 56.7 Å². The number of rotatable bonds is 6. The fourth-order valence-corrected chi connectivity index (χ4v) is 13.4. The largest absolute Gasteiger partial charge is 0.506 e. The quantitative estimate of drug-likeness (QED) is 0.0650. The van der Waals surface area contributed by atoms with Crippen molar-refractivity contribution in [3.8, 4) is 38.4 Å². The number of aromatic amines is 1. The van der Waals surface area contributed by atoms with Crippen LogP contribution in [0.25, 0.3) is 43.9 Å². The summed E-state index contributed by atoms with van der Waals surface area (Å²) in [7, 11) is 1.31. The smallest absolute Gasteiger partial charge is 0.355 e. The van der Waals surface area contributed by atoms with Crippen LogP contribution >= 0.6 is 56.7 Å². The number of nitrogens with two attached hydrogens (primary N) is 1. The van der Waals surface area contributed by atoms with Crippen LogP contribution in [-0.4, -0.2) is 142 Å². The van der Waals surface area contributed by atoms with Crippen LogP contribution in [0.1, 0.15) is 117 Å². The van der Waals surface area contributed by atoms with Gasteiger partial charge in [-0.15, -0.1) is 56.7 Å². The molecule has 85 heavy (non-hydrogen) atoms. The number of methoxy groups -OCH3 is 1. The molecule has 0 spiro atoms. The maximum absolute atomic E-state index is 14.6. The lowest BCUT2D eigenvalue weighted by Gasteiger charge is -2.31. The van der Waals surface area contributed by atoms with Gasteiger partial charge in [0.2, 0.25) is 5.91 Å². The lowest BCUT2D eigenvalue weighted by atomic mass is 9.93. The standard InChI is InChI=1S/C52H45N13O15S5/c1-17(40(53)69)54-41(70)26-14-84-49(60-26)36-30(67)8-21-34(62-36)25-12-82-47(57-25)24-11-80-51(75)35-22-10-78-39(38(68)52(76)79-9-20-6-5-7-23(55-35)31(20)22)37(50-61-27(15-85-50)42(71)56-24)65-44(73)29-16-83-48(59-29)33(19(3)77-4)64-45(74)32(18(2)66)63-43(72)28-13-81-46(21)58-28/h6,8,12-16,18,24,32,37-39,55,66-68H,1,5,7,9-11H2,2-4H3,(H2,53,69)(H,54,70)(H,56,71)(H,63,72)(H,64,74)(H,65,73)/b33-19+/t18-,24+,32+,37+,38+,39?/m1/s1. The summed E-state index contributed by atoms with van der Waals surface area (Å²) in [4.78, 5) is 141. The van der Waals surface area contributed by atoms with E-state index >= 15 is 0 Å². The molecule has 7 aromatic heterocycles. The van der Waals surface area contributed by atoms with Crippen LogP contribution in [0.3, 0.4) is 0 Å². The Bertz CT molecular complexity index is 4020. The molecule has 3 aliphatic heterocycles. The number of aryl methyl sites for hydroxylation is 1. The molecule has 6 amide bonds. The third-order valence-corrected chi connectivity index (χ3v) is 18.1. The molecule has 11 rings (SSSR count). The summed E-state index contributed by atoms with van der Waals surface area (Å²) in [6.45, 7) is 4.87. The molecule has 10 heterocycles. The number of amides is 6. The van der Waals surface area contributed by atoms with E-state index in [0.29, 0.717) is 29.7 Å². The molecular formula is C52H45N13O15S5. The van der Waals surface area contributed by atoms with Gasteiger partial charge in [-0.25, -0.2) is 39.5 Å². The van der Waals surface area contributed by atoms with Crippen LogP contribution in [0.5, 0.6) is 5.75 Å². The number of carbonyl (C=O) groups excluding carboxylic acids is 8. The molecule has 28 nitrogen and oxygen atoms in total. The second-order valence-corrected chi connectivity index (χ2v) is 23.5. The summed E-state index contributed by atoms with van der Waals surface area (Å²) in [5.41, 5.74) is 5.77. The van der Waals surface area contributed by atoms with Gasteiger partial charge >= 0.3 is 11.9 Å². The second kappa shape index (κ2) is 23.6. The van der Waals surface area contributed by atoms with Gasteiger partial charge in [-0.2, -0.15) is 0 Å². The number of carbonyl (C=O) groups is 8. The summed E-state index contributed by atoms with van der Waals surface area (Å²) >= 11 is 4.59. The molecule has 0 fully saturated rings. The van der Waals surface area contributed by atoms with Crippen molar-refractivity contribution >= 4 is 115 Å². The average molecular weight is 1250 g/mol. The number of nitrogens with one attached hydrogen (secondary N) is 6. The van der Waals surface area contributed by atoms with Gasteiger partial charge in [-0.05, 0) is 38.3 Å². The fourth-order valence-electron chi connectivity index (χ4n) is 9.24. The van der Waals surface area contributed by atoms with E-state index < -0.39 is 108 Å². The SMILES string of the molecule is C=C(NC(=O)c1csc(-c2nc3c(cc2O)-c2nc(cs2)C(=O)N[C@@H]([C@@H](C)O)C(=O)N/C(=C(\C)OC)c2nc(cs2)C(=O)N[C@@H]2c4nc(cs4)C(=O)N[C@@H](COC(=O)c4[nH]c5c6c4COC2[C@H](O)C(=O)OCC6=CCC5)c2nc-3cs2)n1)C(N)=O. The number of pyridine rings is 1. The van der Waals surface area contributed by atoms with E-state index in [-0.39, 0.29) is 99.8 Å². The van der Waals surface area contributed by atoms with E-state index in [1.54, 1.807) is 5.38 Å². The van der Waals surface area contributed by atoms with Crippen LogP contribution in [0.15, 0.2) is 57.1 Å². The molecule has 0 aromatic carbocycles. The van der Waals surface area contributed by atoms with E-state index in [4.69, 9.17) is 34.6 Å². The Hall–Kier alpha value is -8.96. The molecule has 6 atom stereocenters. The van der Waals surface area contributed by atoms with Crippen molar-refractivity contribution in [1.82, 2.24) is 61.5 Å². The van der Waals surface area contributed by atoms with E-state index in [1.165, 1.54) is 48.5 Å². The zero-order valence-corrected chi connectivity index (χ0v) is 48.4. The molecule has 4 aliphatic rings. The van der Waals surface area contributed by atoms with E-state index in [2.05, 4.69) is 58.1 Å². The molecule has 0 saturated heterocycles. The van der Waals surface area contributed by atoms with Crippen molar-refractivity contribution < 1.29 is 72.6 Å². The van der Waals surface area contributed by atoms with Crippen molar-refractivity contribution in [3.05, 3.63) is 117 Å². The van der Waals surface area contributed by atoms with E-state index in [1.807, 2.05) is 6.08 Å². The van der Waals surface area contributed by atoms with Crippen LogP contribution in [-0.2, 0) is 46.4 Å². The van der Waals surface area contributed by atoms with Gasteiger partial charge < -0.3 is 71.6 Å². The predicted molar refractivity (Wildman–Crippen MR) is 303 cm³/mol. The van der Waals surface area contributed by atoms with Crippen LogP contribution in [0, 0.1) is 0 Å². The number of hydrogen-bond donors (Lipinski definition) is 10. The molecule has 7 aromatic rings. The van der Waals surface area contributed by atoms with Gasteiger partial charge in [0.05, 0.1) is 25.5 Å². The number of allylic oxidation sites excluding steroid dienone is 2. The first-order chi connectivity index (χ1) is 40.7. The minimum Gasteiger partial charge on any atom is -0.506 e. The normalized spacial score (nSPS) is 21.0. The Kier molecular flexibility index (Phi) is 16.1. The number of cyclic esters (lactones) is 2. The molecule has 0 radical (unpaired) electrons. The summed E-state index contributed by atoms with van der Waals surface area (Å²) in [5.74, 6) is -7.85. The van der Waals surface area contributed by atoms with Gasteiger partial charge in [0.25, 0.3) is 29.5 Å². The fraction of sp³-hybridized carbons (Fsp3) is 0.269. The van der Waals surface area contributed by atoms with Gasteiger partial charge in [0, 0.05) is 49.3 Å². The Morgan fingerprint density at radius 1 is 0.824 bits per heavy atom. The Balaban J connectivity index is 1.08. The number of ether oxygens (including phenoxy) is 4. The second-order valence-electron chi connectivity index (χ2n) is 19.1. The van der Waals surface area contributed by atoms with Crippen molar-refractivity contribution in [3.63, 3.8) is 0 Å². The third-order valence-electron chi connectivity index (χ3n) is 13.6. The number of H-pyrrole nitrogens is 1. The Morgan fingerprint density at radius 3 is 2.25 bits per heavy atom. The van der Waals surface area contributed by atoms with Crippen molar-refractivity contribution in [2.45, 2.75) is 69.7 Å². The minimum atomic E-state index is -2.12. The molecule has 438 valence electrons. The highest BCUT2D eigenvalue weighted by molar-refractivity contribution is 7.14. The number of aliphatic hydroxyl groups excluding tert-OH is 2. The third kappa shape index (κ3) is 11.4. The van der Waals surface area contributed by atoms with Crippen LogP contribution < -0.4 is 32.3 Å². The van der Waals surface area contributed by atoms with Gasteiger partial charge in [-0.3, -0.25) is 28.8 Å². The number of nitrogens with zero attached hydrogens (tertiary/aromatic N) is 6. The first kappa shape index (κ1) is 57.8. The number of aliphatic hydroxyl groups is 2. The van der Waals surface area contributed by atoms with Gasteiger partial charge in [0.15, 0.2) is 6.10 Å². The number of primary amides is 1. The average Bonchev–Trinajstić information content (AvgIpc) is 3.43. The zero-order valence-electron chi connectivity index (χ0n) is 44.3. The van der Waals surface area contributed by atoms with Crippen LogP contribution in [0.2, 0.25) is 0 Å². The summed E-state index contributed by atoms with van der Waals surface area (Å²) in [5, 5.41) is 54.8. The molecule has 1 aliphatic carbocycles. The highest BCUT2D eigenvalue weighted by atomic mass is 32.1. The maximum Gasteiger partial charge on any atom is 0.355 e. The van der Waals surface area contributed by atoms with E-state index in [9.17, 15) is 53.7 Å². The monoisotopic (exact) mass is 1250 g/mol. The molecule has 11 N–H and O–H groups in total. The highest BCUT2D eigenvalue weighted by Gasteiger charge is 2.42. The Labute approximate surface area is 498 Å². The maximum atomic E-state index is 14.6. The molecule has 33 heteroatoms. The van der Waals surface area contributed by atoms with Crippen molar-refractivity contribution in [1.29, 1.82) is 0 Å². The Morgan fingerprint density at radius 2 is 1.49 bits per heavy atom. The molecule has 12 bridgehead atoms. The lowest BCUT2D eigenvalue weighted by Crippen LogP contribution is -2.52. The predicted octanol–water partition coefficient (Wildman–Crippen LogP) is 3.02.